The van der Waals surface area contributed by atoms with E-state index in [1.807, 2.05) is 0 Å². The van der Waals surface area contributed by atoms with Gasteiger partial charge in [0.1, 0.15) is 0 Å². The predicted octanol–water partition coefficient (Wildman–Crippen LogP) is 1.24. The van der Waals surface area contributed by atoms with Crippen molar-refractivity contribution in [2.75, 3.05) is 24.9 Å². The molecule has 1 unspecified atom stereocenters. The number of alkyl halides is 1. The average Bonchev–Trinajstić information content (AvgIpc) is 2.84. The van der Waals surface area contributed by atoms with Crippen molar-refractivity contribution in [1.82, 2.24) is 10.3 Å². The molecule has 0 fully saturated rings. The average molecular weight is 258 g/mol. The molecule has 7 heteroatoms. The molecular formula is C10H12ClN3O3. The maximum atomic E-state index is 9.36. The largest absolute Gasteiger partial charge is 0.494 e. The SMILES string of the molecule is COc1ccc(NCC(O)CCl)c2nonc12. The molecule has 0 amide bonds. The van der Waals surface area contributed by atoms with Crippen LogP contribution in [0.15, 0.2) is 16.8 Å². The van der Waals surface area contributed by atoms with E-state index >= 15 is 0 Å². The van der Waals surface area contributed by atoms with Gasteiger partial charge in [-0.25, -0.2) is 4.63 Å². The first kappa shape index (κ1) is 11.9. The van der Waals surface area contributed by atoms with Crippen molar-refractivity contribution >= 4 is 28.3 Å². The predicted molar refractivity (Wildman–Crippen MR) is 63.6 cm³/mol. The van der Waals surface area contributed by atoms with Gasteiger partial charge in [0.05, 0.1) is 24.8 Å². The number of aliphatic hydroxyl groups is 1. The lowest BCUT2D eigenvalue weighted by Crippen LogP contribution is -2.20. The molecule has 17 heavy (non-hydrogen) atoms. The molecule has 0 aliphatic heterocycles. The summed E-state index contributed by atoms with van der Waals surface area (Å²) in [6.07, 6.45) is -0.617. The molecule has 0 saturated heterocycles. The second kappa shape index (κ2) is 5.20. The Bertz CT molecular complexity index is 503. The number of halogens is 1. The van der Waals surface area contributed by atoms with Crippen LogP contribution >= 0.6 is 11.6 Å². The van der Waals surface area contributed by atoms with Gasteiger partial charge in [0.15, 0.2) is 16.8 Å². The maximum Gasteiger partial charge on any atom is 0.179 e. The van der Waals surface area contributed by atoms with Crippen LogP contribution in [0.2, 0.25) is 0 Å². The molecule has 0 aliphatic rings. The van der Waals surface area contributed by atoms with Crippen LogP contribution in [-0.2, 0) is 0 Å². The Balaban J connectivity index is 2.26. The summed E-state index contributed by atoms with van der Waals surface area (Å²) in [6.45, 7) is 0.331. The summed E-state index contributed by atoms with van der Waals surface area (Å²) >= 11 is 5.51. The number of anilines is 1. The van der Waals surface area contributed by atoms with Crippen LogP contribution in [0.25, 0.3) is 11.0 Å². The maximum absolute atomic E-state index is 9.36. The molecule has 1 aromatic heterocycles. The van der Waals surface area contributed by atoms with E-state index in [0.29, 0.717) is 29.0 Å². The van der Waals surface area contributed by atoms with Crippen molar-refractivity contribution in [2.45, 2.75) is 6.10 Å². The molecule has 0 aliphatic carbocycles. The van der Waals surface area contributed by atoms with E-state index in [9.17, 15) is 5.11 Å². The van der Waals surface area contributed by atoms with Gasteiger partial charge in [0, 0.05) is 6.54 Å². The molecule has 0 saturated carbocycles. The molecule has 1 atom stereocenters. The summed E-state index contributed by atoms with van der Waals surface area (Å²) in [6, 6.07) is 3.54. The van der Waals surface area contributed by atoms with Crippen molar-refractivity contribution in [1.29, 1.82) is 0 Å². The van der Waals surface area contributed by atoms with E-state index in [2.05, 4.69) is 20.3 Å². The fourth-order valence-corrected chi connectivity index (χ4v) is 1.54. The zero-order valence-corrected chi connectivity index (χ0v) is 9.94. The van der Waals surface area contributed by atoms with Gasteiger partial charge in [-0.05, 0) is 22.4 Å². The van der Waals surface area contributed by atoms with Crippen molar-refractivity contribution in [3.8, 4) is 5.75 Å². The number of nitrogens with zero attached hydrogens (tertiary/aromatic N) is 2. The third-order valence-corrected chi connectivity index (χ3v) is 2.66. The summed E-state index contributed by atoms with van der Waals surface area (Å²) in [4.78, 5) is 0. The molecular weight excluding hydrogens is 246 g/mol. The lowest BCUT2D eigenvalue weighted by molar-refractivity contribution is 0.211. The summed E-state index contributed by atoms with van der Waals surface area (Å²) < 4.78 is 9.80. The Morgan fingerprint density at radius 3 is 2.94 bits per heavy atom. The summed E-state index contributed by atoms with van der Waals surface area (Å²) in [5, 5.41) is 19.9. The van der Waals surface area contributed by atoms with Crippen LogP contribution in [0.4, 0.5) is 5.69 Å². The van der Waals surface area contributed by atoms with Crippen LogP contribution in [-0.4, -0.2) is 41.1 Å². The van der Waals surface area contributed by atoms with Gasteiger partial charge in [0.2, 0.25) is 0 Å². The number of hydrogen-bond acceptors (Lipinski definition) is 6. The van der Waals surface area contributed by atoms with Gasteiger partial charge in [-0.15, -0.1) is 11.6 Å². The number of methoxy groups -OCH3 is 1. The third-order valence-electron chi connectivity index (χ3n) is 2.30. The number of ether oxygens (including phenoxy) is 1. The van der Waals surface area contributed by atoms with E-state index in [-0.39, 0.29) is 5.88 Å². The van der Waals surface area contributed by atoms with Crippen molar-refractivity contribution in [3.05, 3.63) is 12.1 Å². The second-order valence-corrected chi connectivity index (χ2v) is 3.77. The van der Waals surface area contributed by atoms with Gasteiger partial charge in [0.25, 0.3) is 0 Å². The van der Waals surface area contributed by atoms with Gasteiger partial charge < -0.3 is 15.2 Å². The van der Waals surface area contributed by atoms with Gasteiger partial charge in [-0.3, -0.25) is 0 Å². The zero-order chi connectivity index (χ0) is 12.3. The number of fused-ring (bicyclic) bond motifs is 1. The van der Waals surface area contributed by atoms with Gasteiger partial charge in [-0.2, -0.15) is 0 Å². The second-order valence-electron chi connectivity index (χ2n) is 3.47. The lowest BCUT2D eigenvalue weighted by atomic mass is 10.2. The van der Waals surface area contributed by atoms with Crippen LogP contribution in [0.5, 0.6) is 5.75 Å². The number of aromatic nitrogens is 2. The zero-order valence-electron chi connectivity index (χ0n) is 9.18. The normalized spacial score (nSPS) is 12.6. The van der Waals surface area contributed by atoms with Crippen molar-refractivity contribution in [3.63, 3.8) is 0 Å². The fraction of sp³-hybridized carbons (Fsp3) is 0.400. The number of aliphatic hydroxyl groups excluding tert-OH is 1. The molecule has 92 valence electrons. The van der Waals surface area contributed by atoms with E-state index in [1.165, 1.54) is 0 Å². The van der Waals surface area contributed by atoms with E-state index in [0.717, 1.165) is 0 Å². The van der Waals surface area contributed by atoms with Crippen LogP contribution in [0.1, 0.15) is 0 Å². The Morgan fingerprint density at radius 2 is 2.24 bits per heavy atom. The summed E-state index contributed by atoms with van der Waals surface area (Å²) in [5.74, 6) is 0.758. The Labute approximate surface area is 102 Å². The highest BCUT2D eigenvalue weighted by Crippen LogP contribution is 2.28. The first-order valence-electron chi connectivity index (χ1n) is 5.03. The summed E-state index contributed by atoms with van der Waals surface area (Å²) in [5.41, 5.74) is 1.82. The smallest absolute Gasteiger partial charge is 0.179 e. The minimum absolute atomic E-state index is 0.170. The molecule has 1 aromatic carbocycles. The molecule has 1 heterocycles. The number of nitrogens with one attached hydrogen (secondary N) is 1. The van der Waals surface area contributed by atoms with E-state index in [4.69, 9.17) is 16.3 Å². The standard InChI is InChI=1S/C10H12ClN3O3/c1-16-8-3-2-7(12-5-6(15)4-11)9-10(8)14-17-13-9/h2-3,6,12,15H,4-5H2,1H3. The Hall–Kier alpha value is -1.53. The fourth-order valence-electron chi connectivity index (χ4n) is 1.43. The highest BCUT2D eigenvalue weighted by Gasteiger charge is 2.12. The highest BCUT2D eigenvalue weighted by atomic mass is 35.5. The minimum Gasteiger partial charge on any atom is -0.494 e. The number of benzene rings is 1. The van der Waals surface area contributed by atoms with Crippen molar-refractivity contribution in [2.24, 2.45) is 0 Å². The summed E-state index contributed by atoms with van der Waals surface area (Å²) in [7, 11) is 1.55. The highest BCUT2D eigenvalue weighted by molar-refractivity contribution is 6.18. The van der Waals surface area contributed by atoms with Crippen LogP contribution in [0, 0.1) is 0 Å². The quantitative estimate of drug-likeness (QED) is 0.785. The molecule has 0 spiro atoms. The van der Waals surface area contributed by atoms with Crippen molar-refractivity contribution < 1.29 is 14.5 Å². The van der Waals surface area contributed by atoms with Gasteiger partial charge in [-0.1, -0.05) is 0 Å². The molecule has 0 radical (unpaired) electrons. The first-order chi connectivity index (χ1) is 8.26. The number of rotatable bonds is 5. The Morgan fingerprint density at radius 1 is 1.47 bits per heavy atom. The molecule has 2 N–H and O–H groups in total. The molecule has 0 bridgehead atoms. The lowest BCUT2D eigenvalue weighted by Gasteiger charge is -2.10. The third kappa shape index (κ3) is 2.42. The topological polar surface area (TPSA) is 80.4 Å². The molecule has 2 aromatic rings. The monoisotopic (exact) mass is 257 g/mol. The molecule has 2 rings (SSSR count). The molecule has 6 nitrogen and oxygen atoms in total. The Kier molecular flexibility index (Phi) is 3.65. The first-order valence-corrected chi connectivity index (χ1v) is 5.57. The van der Waals surface area contributed by atoms with E-state index in [1.54, 1.807) is 19.2 Å². The van der Waals surface area contributed by atoms with Gasteiger partial charge >= 0.3 is 0 Å². The van der Waals surface area contributed by atoms with Crippen LogP contribution < -0.4 is 10.1 Å². The minimum atomic E-state index is -0.617. The van der Waals surface area contributed by atoms with E-state index < -0.39 is 6.10 Å². The number of hydrogen-bond donors (Lipinski definition) is 2. The van der Waals surface area contributed by atoms with Crippen LogP contribution in [0.3, 0.4) is 0 Å².